The van der Waals surface area contributed by atoms with Crippen LogP contribution >= 0.6 is 0 Å². The van der Waals surface area contributed by atoms with Crippen molar-refractivity contribution in [2.24, 2.45) is 5.92 Å². The van der Waals surface area contributed by atoms with Gasteiger partial charge in [0.15, 0.2) is 0 Å². The van der Waals surface area contributed by atoms with Gasteiger partial charge in [-0.15, -0.1) is 0 Å². The van der Waals surface area contributed by atoms with Crippen LogP contribution in [0.3, 0.4) is 0 Å². The Morgan fingerprint density at radius 2 is 1.95 bits per heavy atom. The minimum atomic E-state index is -3.95. The number of aromatic carboxylic acids is 1. The zero-order chi connectivity index (χ0) is 16.2. The van der Waals surface area contributed by atoms with Crippen molar-refractivity contribution in [2.45, 2.75) is 32.6 Å². The number of nitrogens with one attached hydrogen (secondary N) is 1. The van der Waals surface area contributed by atoms with Crippen LogP contribution in [0.25, 0.3) is 0 Å². The molecule has 0 bridgehead atoms. The number of carboxylic acids is 1. The summed E-state index contributed by atoms with van der Waals surface area (Å²) in [4.78, 5) is 10.9. The molecule has 0 aliphatic carbocycles. The lowest BCUT2D eigenvalue weighted by Gasteiger charge is -2.09. The predicted octanol–water partition coefficient (Wildman–Crippen LogP) is 1.55. The smallest absolute Gasteiger partial charge is 0.340 e. The largest absolute Gasteiger partial charge is 0.478 e. The number of hydrogen-bond donors (Lipinski definition) is 2. The van der Waals surface area contributed by atoms with Crippen LogP contribution in [0.15, 0.2) is 9.31 Å². The van der Waals surface area contributed by atoms with E-state index >= 15 is 0 Å². The van der Waals surface area contributed by atoms with E-state index in [0.29, 0.717) is 12.5 Å². The van der Waals surface area contributed by atoms with Gasteiger partial charge in [-0.05, 0) is 19.8 Å². The molecule has 0 spiro atoms. The summed E-state index contributed by atoms with van der Waals surface area (Å²) in [5.41, 5.74) is -0.330. The molecule has 120 valence electrons. The molecule has 1 aromatic heterocycles. The second kappa shape index (κ2) is 7.06. The van der Waals surface area contributed by atoms with Gasteiger partial charge < -0.3 is 14.3 Å². The highest BCUT2D eigenvalue weighted by atomic mass is 32.2. The first-order valence-electron chi connectivity index (χ1n) is 6.57. The van der Waals surface area contributed by atoms with E-state index in [1.54, 1.807) is 0 Å². The summed E-state index contributed by atoms with van der Waals surface area (Å²) in [7, 11) is -3.95. The van der Waals surface area contributed by atoms with Crippen molar-refractivity contribution in [1.29, 1.82) is 0 Å². The van der Waals surface area contributed by atoms with Crippen molar-refractivity contribution >= 4 is 16.0 Å². The minimum absolute atomic E-state index is 0.0560. The molecular formula is C13H21NO6S. The Morgan fingerprint density at radius 3 is 2.48 bits per heavy atom. The van der Waals surface area contributed by atoms with E-state index in [-0.39, 0.29) is 35.1 Å². The molecule has 0 fully saturated rings. The van der Waals surface area contributed by atoms with Crippen LogP contribution in [0.4, 0.5) is 0 Å². The first-order valence-corrected chi connectivity index (χ1v) is 8.05. The lowest BCUT2D eigenvalue weighted by atomic mass is 10.2. The lowest BCUT2D eigenvalue weighted by Crippen LogP contribution is -2.29. The quantitative estimate of drug-likeness (QED) is 0.704. The van der Waals surface area contributed by atoms with Gasteiger partial charge in [0.25, 0.3) is 0 Å². The highest BCUT2D eigenvalue weighted by Gasteiger charge is 2.30. The number of aryl methyl sites for hydroxylation is 2. The van der Waals surface area contributed by atoms with Gasteiger partial charge in [0.2, 0.25) is 10.0 Å². The van der Waals surface area contributed by atoms with E-state index in [0.717, 1.165) is 0 Å². The van der Waals surface area contributed by atoms with Gasteiger partial charge in [0.1, 0.15) is 22.0 Å². The fourth-order valence-electron chi connectivity index (χ4n) is 1.87. The highest BCUT2D eigenvalue weighted by Crippen LogP contribution is 2.26. The fourth-order valence-corrected chi connectivity index (χ4v) is 3.29. The number of carboxylic acid groups (broad SMARTS) is 1. The summed E-state index contributed by atoms with van der Waals surface area (Å²) >= 11 is 0. The molecule has 0 saturated heterocycles. The average Bonchev–Trinajstić information content (AvgIpc) is 2.63. The molecule has 0 saturated carbocycles. The lowest BCUT2D eigenvalue weighted by molar-refractivity contribution is 0.0691. The molecule has 1 heterocycles. The molecule has 7 nitrogen and oxygen atoms in total. The molecule has 0 aliphatic heterocycles. The van der Waals surface area contributed by atoms with E-state index in [1.165, 1.54) is 13.8 Å². The van der Waals surface area contributed by atoms with E-state index < -0.39 is 16.0 Å². The van der Waals surface area contributed by atoms with Crippen molar-refractivity contribution < 1.29 is 27.5 Å². The number of furan rings is 1. The van der Waals surface area contributed by atoms with Crippen LogP contribution in [0.1, 0.15) is 35.7 Å². The molecule has 8 heteroatoms. The van der Waals surface area contributed by atoms with Gasteiger partial charge >= 0.3 is 5.97 Å². The molecule has 1 aromatic rings. The molecule has 1 rings (SSSR count). The second-order valence-electron chi connectivity index (χ2n) is 5.09. The Hall–Kier alpha value is -1.38. The summed E-state index contributed by atoms with van der Waals surface area (Å²) in [6, 6.07) is 0. The summed E-state index contributed by atoms with van der Waals surface area (Å²) in [5, 5.41) is 9.12. The molecule has 0 aromatic carbocycles. The SMILES string of the molecule is Cc1oc(C)c(S(=O)(=O)NCCOCC(C)C)c1C(=O)O. The highest BCUT2D eigenvalue weighted by molar-refractivity contribution is 7.89. The van der Waals surface area contributed by atoms with Crippen LogP contribution in [0.5, 0.6) is 0 Å². The first-order chi connectivity index (χ1) is 9.66. The maximum Gasteiger partial charge on any atom is 0.340 e. The molecular weight excluding hydrogens is 298 g/mol. The molecule has 0 radical (unpaired) electrons. The van der Waals surface area contributed by atoms with Crippen LogP contribution in [0.2, 0.25) is 0 Å². The van der Waals surface area contributed by atoms with Crippen molar-refractivity contribution in [3.63, 3.8) is 0 Å². The van der Waals surface area contributed by atoms with Crippen LogP contribution in [-0.4, -0.2) is 39.3 Å². The Labute approximate surface area is 124 Å². The summed E-state index contributed by atoms with van der Waals surface area (Å²) in [6.07, 6.45) is 0. The number of sulfonamides is 1. The summed E-state index contributed by atoms with van der Waals surface area (Å²) in [6.45, 7) is 7.63. The standard InChI is InChI=1S/C13H21NO6S/c1-8(2)7-19-6-5-14-21(17,18)12-10(4)20-9(3)11(12)13(15)16/h8,14H,5-7H2,1-4H3,(H,15,16). The first kappa shape index (κ1) is 17.7. The van der Waals surface area contributed by atoms with Gasteiger partial charge in [-0.25, -0.2) is 17.9 Å². The molecule has 21 heavy (non-hydrogen) atoms. The third kappa shape index (κ3) is 4.55. The molecule has 0 unspecified atom stereocenters. The van der Waals surface area contributed by atoms with Gasteiger partial charge in [0.05, 0.1) is 6.61 Å². The van der Waals surface area contributed by atoms with E-state index in [2.05, 4.69) is 4.72 Å². The number of ether oxygens (including phenoxy) is 1. The van der Waals surface area contributed by atoms with Crippen molar-refractivity contribution in [2.75, 3.05) is 19.8 Å². The van der Waals surface area contributed by atoms with E-state index in [4.69, 9.17) is 14.3 Å². The molecule has 0 amide bonds. The Bertz CT molecular complexity index is 602. The molecule has 0 atom stereocenters. The topological polar surface area (TPSA) is 106 Å². The van der Waals surface area contributed by atoms with Gasteiger partial charge in [-0.2, -0.15) is 0 Å². The Balaban J connectivity index is 2.82. The van der Waals surface area contributed by atoms with Crippen molar-refractivity contribution in [3.05, 3.63) is 17.1 Å². The number of hydrogen-bond acceptors (Lipinski definition) is 5. The van der Waals surface area contributed by atoms with E-state index in [1.807, 2.05) is 13.8 Å². The molecule has 0 aliphatic rings. The summed E-state index contributed by atoms with van der Waals surface area (Å²) in [5.74, 6) is -0.850. The number of rotatable bonds is 8. The monoisotopic (exact) mass is 319 g/mol. The normalized spacial score (nSPS) is 12.0. The predicted molar refractivity (Wildman–Crippen MR) is 76.0 cm³/mol. The third-order valence-electron chi connectivity index (χ3n) is 2.68. The maximum absolute atomic E-state index is 12.2. The van der Waals surface area contributed by atoms with Gasteiger partial charge in [-0.1, -0.05) is 13.8 Å². The van der Waals surface area contributed by atoms with Gasteiger partial charge in [-0.3, -0.25) is 0 Å². The zero-order valence-electron chi connectivity index (χ0n) is 12.6. The van der Waals surface area contributed by atoms with E-state index in [9.17, 15) is 13.2 Å². The van der Waals surface area contributed by atoms with Gasteiger partial charge in [0, 0.05) is 13.2 Å². The number of carbonyl (C=O) groups is 1. The van der Waals surface area contributed by atoms with Crippen molar-refractivity contribution in [1.82, 2.24) is 4.72 Å². The second-order valence-corrected chi connectivity index (χ2v) is 6.79. The Kier molecular flexibility index (Phi) is 5.94. The minimum Gasteiger partial charge on any atom is -0.478 e. The van der Waals surface area contributed by atoms with Crippen LogP contribution < -0.4 is 4.72 Å². The van der Waals surface area contributed by atoms with Crippen molar-refractivity contribution in [3.8, 4) is 0 Å². The fraction of sp³-hybridized carbons (Fsp3) is 0.615. The van der Waals surface area contributed by atoms with Crippen LogP contribution in [0, 0.1) is 19.8 Å². The zero-order valence-corrected chi connectivity index (χ0v) is 13.4. The average molecular weight is 319 g/mol. The summed E-state index contributed by atoms with van der Waals surface area (Å²) < 4.78 is 37.1. The Morgan fingerprint density at radius 1 is 1.33 bits per heavy atom. The molecule has 2 N–H and O–H groups in total. The third-order valence-corrected chi connectivity index (χ3v) is 4.29. The van der Waals surface area contributed by atoms with Crippen LogP contribution in [-0.2, 0) is 14.8 Å². The maximum atomic E-state index is 12.2.